The van der Waals surface area contributed by atoms with E-state index in [0.717, 1.165) is 18.9 Å². The first-order valence-electron chi connectivity index (χ1n) is 11.6. The Kier molecular flexibility index (Phi) is 6.74. The zero-order valence-corrected chi connectivity index (χ0v) is 20.3. The van der Waals surface area contributed by atoms with E-state index in [1.165, 1.54) is 28.3 Å². The third-order valence-corrected chi connectivity index (χ3v) is 5.64. The fourth-order valence-corrected chi connectivity index (χ4v) is 4.05. The van der Waals surface area contributed by atoms with Crippen molar-refractivity contribution in [2.24, 2.45) is 0 Å². The third kappa shape index (κ3) is 6.32. The highest BCUT2D eigenvalue weighted by atomic mass is 19.1. The number of hydrogen-bond acceptors (Lipinski definition) is 4. The highest BCUT2D eigenvalue weighted by Gasteiger charge is 2.27. The topological polar surface area (TPSA) is 73.2 Å². The number of amides is 1. The number of aryl methyl sites for hydroxylation is 1. The predicted octanol–water partition coefficient (Wildman–Crippen LogP) is 5.51. The summed E-state index contributed by atoms with van der Waals surface area (Å²) in [6.45, 7) is 6.86. The van der Waals surface area contributed by atoms with Crippen molar-refractivity contribution in [3.8, 4) is 5.69 Å². The Morgan fingerprint density at radius 1 is 1.11 bits per heavy atom. The molecule has 3 aromatic rings. The SMILES string of the molecule is Cc1cc(=O)n(-c2ccc(C3CC3)cc2)c([C@H](Cc2cc(F)cc(F)c2)NC(=O)OC(C)(C)C)n1. The number of hydrogen-bond donors (Lipinski definition) is 1. The van der Waals surface area contributed by atoms with Gasteiger partial charge in [0.1, 0.15) is 23.1 Å². The van der Waals surface area contributed by atoms with E-state index in [1.54, 1.807) is 27.7 Å². The van der Waals surface area contributed by atoms with Crippen LogP contribution in [0.25, 0.3) is 5.69 Å². The fourth-order valence-electron chi connectivity index (χ4n) is 4.05. The summed E-state index contributed by atoms with van der Waals surface area (Å²) >= 11 is 0. The van der Waals surface area contributed by atoms with Crippen molar-refractivity contribution < 1.29 is 18.3 Å². The molecule has 0 radical (unpaired) electrons. The van der Waals surface area contributed by atoms with Crippen LogP contribution in [0.15, 0.2) is 53.3 Å². The first kappa shape index (κ1) is 24.6. The molecule has 184 valence electrons. The number of aromatic nitrogens is 2. The summed E-state index contributed by atoms with van der Waals surface area (Å²) in [5.74, 6) is -0.673. The maximum atomic E-state index is 13.9. The Balaban J connectivity index is 1.78. The van der Waals surface area contributed by atoms with Crippen molar-refractivity contribution in [1.29, 1.82) is 0 Å². The molecular weight excluding hydrogens is 452 g/mol. The third-order valence-electron chi connectivity index (χ3n) is 5.64. The molecule has 1 aromatic heterocycles. The molecule has 1 fully saturated rings. The van der Waals surface area contributed by atoms with E-state index in [1.807, 2.05) is 24.3 Å². The molecule has 4 rings (SSSR count). The summed E-state index contributed by atoms with van der Waals surface area (Å²) in [6, 6.07) is 11.3. The van der Waals surface area contributed by atoms with Crippen molar-refractivity contribution in [2.45, 2.75) is 64.5 Å². The minimum atomic E-state index is -0.901. The van der Waals surface area contributed by atoms with Crippen LogP contribution in [-0.4, -0.2) is 21.2 Å². The van der Waals surface area contributed by atoms with Gasteiger partial charge in [-0.3, -0.25) is 9.36 Å². The summed E-state index contributed by atoms with van der Waals surface area (Å²) in [4.78, 5) is 30.4. The summed E-state index contributed by atoms with van der Waals surface area (Å²) in [5.41, 5.74) is 1.46. The fraction of sp³-hybridized carbons (Fsp3) is 0.370. The molecule has 6 nitrogen and oxygen atoms in total. The molecule has 1 heterocycles. The van der Waals surface area contributed by atoms with Gasteiger partial charge in [0.15, 0.2) is 0 Å². The highest BCUT2D eigenvalue weighted by Crippen LogP contribution is 2.40. The first-order chi connectivity index (χ1) is 16.5. The minimum absolute atomic E-state index is 0.00995. The number of rotatable bonds is 6. The van der Waals surface area contributed by atoms with E-state index in [4.69, 9.17) is 4.74 Å². The Hall–Kier alpha value is -3.55. The molecule has 0 spiro atoms. The summed E-state index contributed by atoms with van der Waals surface area (Å²) in [6.07, 6.45) is 1.57. The van der Waals surface area contributed by atoms with E-state index in [0.29, 0.717) is 22.9 Å². The number of nitrogens with zero attached hydrogens (tertiary/aromatic N) is 2. The number of carbonyl (C=O) groups excluding carboxylic acids is 1. The number of ether oxygens (including phenoxy) is 1. The molecule has 35 heavy (non-hydrogen) atoms. The smallest absolute Gasteiger partial charge is 0.408 e. The minimum Gasteiger partial charge on any atom is -0.444 e. The Morgan fingerprint density at radius 3 is 2.31 bits per heavy atom. The average Bonchev–Trinajstić information content (AvgIpc) is 3.56. The van der Waals surface area contributed by atoms with Crippen LogP contribution in [0.5, 0.6) is 0 Å². The van der Waals surface area contributed by atoms with E-state index < -0.39 is 29.4 Å². The zero-order valence-electron chi connectivity index (χ0n) is 20.3. The van der Waals surface area contributed by atoms with Gasteiger partial charge in [0.2, 0.25) is 0 Å². The van der Waals surface area contributed by atoms with Gasteiger partial charge in [-0.1, -0.05) is 12.1 Å². The van der Waals surface area contributed by atoms with Gasteiger partial charge in [0.25, 0.3) is 5.56 Å². The quantitative estimate of drug-likeness (QED) is 0.504. The Morgan fingerprint density at radius 2 is 1.74 bits per heavy atom. The number of nitrogens with one attached hydrogen (secondary N) is 1. The van der Waals surface area contributed by atoms with Crippen LogP contribution in [0.2, 0.25) is 0 Å². The van der Waals surface area contributed by atoms with Crippen LogP contribution in [0, 0.1) is 18.6 Å². The van der Waals surface area contributed by atoms with Crippen LogP contribution >= 0.6 is 0 Å². The molecule has 1 saturated carbocycles. The van der Waals surface area contributed by atoms with Gasteiger partial charge in [-0.2, -0.15) is 0 Å². The number of halogens is 2. The van der Waals surface area contributed by atoms with E-state index in [2.05, 4.69) is 10.3 Å². The summed E-state index contributed by atoms with van der Waals surface area (Å²) < 4.78 is 34.7. The van der Waals surface area contributed by atoms with Gasteiger partial charge in [0, 0.05) is 24.2 Å². The van der Waals surface area contributed by atoms with Crippen molar-refractivity contribution in [2.75, 3.05) is 0 Å². The monoisotopic (exact) mass is 481 g/mol. The molecule has 0 aliphatic heterocycles. The molecule has 0 saturated heterocycles. The van der Waals surface area contributed by atoms with Crippen molar-refractivity contribution in [1.82, 2.24) is 14.9 Å². The van der Waals surface area contributed by atoms with Gasteiger partial charge < -0.3 is 10.1 Å². The number of carbonyl (C=O) groups is 1. The molecule has 0 unspecified atom stereocenters. The molecule has 0 bridgehead atoms. The lowest BCUT2D eigenvalue weighted by atomic mass is 10.0. The lowest BCUT2D eigenvalue weighted by Crippen LogP contribution is -2.39. The van der Waals surface area contributed by atoms with Crippen molar-refractivity contribution in [3.63, 3.8) is 0 Å². The van der Waals surface area contributed by atoms with Gasteiger partial charge >= 0.3 is 6.09 Å². The van der Waals surface area contributed by atoms with Crippen molar-refractivity contribution in [3.05, 3.63) is 93.2 Å². The molecular formula is C27H29F2N3O3. The normalized spacial score (nSPS) is 14.5. The second-order valence-corrected chi connectivity index (χ2v) is 9.98. The molecule has 8 heteroatoms. The van der Waals surface area contributed by atoms with E-state index in [-0.39, 0.29) is 17.8 Å². The maximum absolute atomic E-state index is 13.9. The first-order valence-corrected chi connectivity index (χ1v) is 11.6. The van der Waals surface area contributed by atoms with Gasteiger partial charge in [-0.25, -0.2) is 18.6 Å². The molecule has 1 aliphatic rings. The highest BCUT2D eigenvalue weighted by molar-refractivity contribution is 5.68. The van der Waals surface area contributed by atoms with Gasteiger partial charge in [0.05, 0.1) is 11.7 Å². The average molecular weight is 482 g/mol. The van der Waals surface area contributed by atoms with Crippen molar-refractivity contribution >= 4 is 6.09 Å². The molecule has 1 atom stereocenters. The molecule has 1 amide bonds. The molecule has 2 aromatic carbocycles. The second kappa shape index (κ2) is 9.60. The van der Waals surface area contributed by atoms with Crippen LogP contribution in [0.4, 0.5) is 13.6 Å². The van der Waals surface area contributed by atoms with Crippen LogP contribution in [-0.2, 0) is 11.2 Å². The van der Waals surface area contributed by atoms with Gasteiger partial charge in [-0.15, -0.1) is 0 Å². The largest absolute Gasteiger partial charge is 0.444 e. The van der Waals surface area contributed by atoms with E-state index >= 15 is 0 Å². The molecule has 1 N–H and O–H groups in total. The summed E-state index contributed by atoms with van der Waals surface area (Å²) in [7, 11) is 0. The van der Waals surface area contributed by atoms with Crippen LogP contribution in [0.1, 0.15) is 68.2 Å². The van der Waals surface area contributed by atoms with E-state index in [9.17, 15) is 18.4 Å². The maximum Gasteiger partial charge on any atom is 0.408 e. The summed E-state index contributed by atoms with van der Waals surface area (Å²) in [5, 5.41) is 2.75. The zero-order chi connectivity index (χ0) is 25.3. The second-order valence-electron chi connectivity index (χ2n) is 9.98. The van der Waals surface area contributed by atoms with Crippen LogP contribution < -0.4 is 10.9 Å². The number of alkyl carbamates (subject to hydrolysis) is 1. The Labute approximate surface area is 203 Å². The lowest BCUT2D eigenvalue weighted by Gasteiger charge is -2.25. The van der Waals surface area contributed by atoms with Gasteiger partial charge in [-0.05, 0) is 81.8 Å². The molecule has 1 aliphatic carbocycles. The Bertz CT molecular complexity index is 1270. The predicted molar refractivity (Wildman–Crippen MR) is 129 cm³/mol. The number of benzene rings is 2. The standard InChI is InChI=1S/C27H29F2N3O3/c1-16-11-24(33)32(22-9-7-19(8-10-22)18-5-6-18)25(30-16)23(31-26(34)35-27(2,3)4)14-17-12-20(28)15-21(29)13-17/h7-13,15,18,23H,5-6,14H2,1-4H3,(H,31,34)/t23-/m0/s1. The lowest BCUT2D eigenvalue weighted by molar-refractivity contribution is 0.0500. The van der Waals surface area contributed by atoms with Crippen LogP contribution in [0.3, 0.4) is 0 Å².